The molecule has 3 nitrogen and oxygen atoms in total. The molecule has 0 aliphatic carbocycles. The van der Waals surface area contributed by atoms with Gasteiger partial charge in [-0.05, 0) is 46.8 Å². The molecule has 1 heterocycles. The van der Waals surface area contributed by atoms with Crippen molar-refractivity contribution in [3.05, 3.63) is 0 Å². The third kappa shape index (κ3) is 4.22. The molecule has 3 heteroatoms. The van der Waals surface area contributed by atoms with Gasteiger partial charge in [0.2, 0.25) is 0 Å². The van der Waals surface area contributed by atoms with E-state index in [0.29, 0.717) is 18.1 Å². The van der Waals surface area contributed by atoms with E-state index in [-0.39, 0.29) is 0 Å². The minimum Gasteiger partial charge on any atom is -0.315 e. The molecule has 1 aliphatic rings. The van der Waals surface area contributed by atoms with E-state index in [1.165, 1.54) is 45.3 Å². The largest absolute Gasteiger partial charge is 0.315 e. The first kappa shape index (κ1) is 15.9. The Morgan fingerprint density at radius 3 is 2.56 bits per heavy atom. The Bertz CT molecular complexity index is 220. The van der Waals surface area contributed by atoms with E-state index in [2.05, 4.69) is 50.0 Å². The SMILES string of the molecule is CCCC(NC)C(CC)N1CCCN(C)CC1C. The minimum absolute atomic E-state index is 0.644. The molecule has 0 radical (unpaired) electrons. The van der Waals surface area contributed by atoms with Crippen molar-refractivity contribution in [2.75, 3.05) is 33.7 Å². The number of nitrogens with one attached hydrogen (secondary N) is 1. The Morgan fingerprint density at radius 2 is 2.00 bits per heavy atom. The maximum Gasteiger partial charge on any atom is 0.0249 e. The van der Waals surface area contributed by atoms with Gasteiger partial charge in [-0.15, -0.1) is 0 Å². The summed E-state index contributed by atoms with van der Waals surface area (Å²) in [5, 5.41) is 3.55. The number of hydrogen-bond donors (Lipinski definition) is 1. The van der Waals surface area contributed by atoms with Crippen molar-refractivity contribution in [1.82, 2.24) is 15.1 Å². The van der Waals surface area contributed by atoms with E-state index in [1.54, 1.807) is 0 Å². The summed E-state index contributed by atoms with van der Waals surface area (Å²) in [5.41, 5.74) is 0. The molecule has 3 atom stereocenters. The van der Waals surface area contributed by atoms with Crippen molar-refractivity contribution >= 4 is 0 Å². The summed E-state index contributed by atoms with van der Waals surface area (Å²) in [5.74, 6) is 0. The van der Waals surface area contributed by atoms with Gasteiger partial charge < -0.3 is 10.2 Å². The highest BCUT2D eigenvalue weighted by molar-refractivity contribution is 4.87. The fourth-order valence-electron chi connectivity index (χ4n) is 3.47. The number of hydrogen-bond acceptors (Lipinski definition) is 3. The molecule has 0 aromatic heterocycles. The molecule has 1 saturated heterocycles. The molecule has 1 rings (SSSR count). The summed E-state index contributed by atoms with van der Waals surface area (Å²) in [7, 11) is 4.38. The molecule has 1 fully saturated rings. The second-order valence-corrected chi connectivity index (χ2v) is 5.86. The maximum absolute atomic E-state index is 3.55. The van der Waals surface area contributed by atoms with Gasteiger partial charge >= 0.3 is 0 Å². The van der Waals surface area contributed by atoms with Crippen molar-refractivity contribution in [2.45, 2.75) is 64.6 Å². The van der Waals surface area contributed by atoms with Crippen LogP contribution in [-0.4, -0.2) is 61.7 Å². The van der Waals surface area contributed by atoms with Gasteiger partial charge in [0.1, 0.15) is 0 Å². The van der Waals surface area contributed by atoms with Crippen LogP contribution < -0.4 is 5.32 Å². The van der Waals surface area contributed by atoms with Gasteiger partial charge in [-0.1, -0.05) is 20.3 Å². The maximum atomic E-state index is 3.55. The molecule has 0 bridgehead atoms. The van der Waals surface area contributed by atoms with Gasteiger partial charge in [0.05, 0.1) is 0 Å². The van der Waals surface area contributed by atoms with Crippen LogP contribution in [0.5, 0.6) is 0 Å². The number of likely N-dealkylation sites (N-methyl/N-ethyl adjacent to an activating group) is 2. The fraction of sp³-hybridized carbons (Fsp3) is 1.00. The van der Waals surface area contributed by atoms with Gasteiger partial charge in [-0.3, -0.25) is 4.90 Å². The molecule has 18 heavy (non-hydrogen) atoms. The summed E-state index contributed by atoms with van der Waals surface area (Å²) in [6, 6.07) is 2.01. The molecule has 0 amide bonds. The van der Waals surface area contributed by atoms with Crippen LogP contribution in [0.25, 0.3) is 0 Å². The lowest BCUT2D eigenvalue weighted by Gasteiger charge is -2.39. The standard InChI is InChI=1S/C15H33N3/c1-6-9-14(16-4)15(7-2)18-11-8-10-17(5)12-13(18)3/h13-16H,6-12H2,1-5H3. The topological polar surface area (TPSA) is 18.5 Å². The zero-order chi connectivity index (χ0) is 13.5. The number of nitrogens with zero attached hydrogens (tertiary/aromatic N) is 2. The van der Waals surface area contributed by atoms with Crippen molar-refractivity contribution in [3.8, 4) is 0 Å². The summed E-state index contributed by atoms with van der Waals surface area (Å²) in [4.78, 5) is 5.23. The van der Waals surface area contributed by atoms with E-state index in [0.717, 1.165) is 0 Å². The highest BCUT2D eigenvalue weighted by Gasteiger charge is 2.29. The zero-order valence-electron chi connectivity index (χ0n) is 13.1. The first-order chi connectivity index (χ1) is 8.63. The molecule has 3 unspecified atom stereocenters. The third-order valence-electron chi connectivity index (χ3n) is 4.38. The van der Waals surface area contributed by atoms with Crippen LogP contribution in [0.4, 0.5) is 0 Å². The highest BCUT2D eigenvalue weighted by Crippen LogP contribution is 2.19. The second kappa shape index (κ2) is 8.13. The summed E-state index contributed by atoms with van der Waals surface area (Å²) in [6.07, 6.45) is 5.11. The van der Waals surface area contributed by atoms with Gasteiger partial charge in [0.25, 0.3) is 0 Å². The smallest absolute Gasteiger partial charge is 0.0249 e. The minimum atomic E-state index is 0.644. The first-order valence-electron chi connectivity index (χ1n) is 7.75. The lowest BCUT2D eigenvalue weighted by molar-refractivity contribution is 0.108. The Labute approximate surface area is 114 Å². The van der Waals surface area contributed by atoms with E-state index in [9.17, 15) is 0 Å². The Morgan fingerprint density at radius 1 is 1.28 bits per heavy atom. The zero-order valence-corrected chi connectivity index (χ0v) is 13.1. The van der Waals surface area contributed by atoms with Crippen LogP contribution in [0.2, 0.25) is 0 Å². The average molecular weight is 255 g/mol. The van der Waals surface area contributed by atoms with E-state index >= 15 is 0 Å². The lowest BCUT2D eigenvalue weighted by atomic mass is 9.97. The summed E-state index contributed by atoms with van der Waals surface area (Å²) in [6.45, 7) is 10.7. The molecular weight excluding hydrogens is 222 g/mol. The Balaban J connectivity index is 2.72. The van der Waals surface area contributed by atoms with Crippen LogP contribution in [-0.2, 0) is 0 Å². The molecule has 0 aromatic rings. The molecule has 0 spiro atoms. The quantitative estimate of drug-likeness (QED) is 0.785. The Hall–Kier alpha value is -0.120. The predicted molar refractivity (Wildman–Crippen MR) is 80.1 cm³/mol. The van der Waals surface area contributed by atoms with E-state index in [4.69, 9.17) is 0 Å². The molecule has 1 N–H and O–H groups in total. The summed E-state index contributed by atoms with van der Waals surface area (Å²) < 4.78 is 0. The van der Waals surface area contributed by atoms with Crippen molar-refractivity contribution < 1.29 is 0 Å². The van der Waals surface area contributed by atoms with Crippen molar-refractivity contribution in [3.63, 3.8) is 0 Å². The lowest BCUT2D eigenvalue weighted by Crippen LogP contribution is -2.53. The van der Waals surface area contributed by atoms with Gasteiger partial charge in [0, 0.05) is 31.2 Å². The normalized spacial score (nSPS) is 26.8. The van der Waals surface area contributed by atoms with Crippen LogP contribution in [0, 0.1) is 0 Å². The second-order valence-electron chi connectivity index (χ2n) is 5.86. The molecular formula is C15H33N3. The predicted octanol–water partition coefficient (Wildman–Crippen LogP) is 2.18. The van der Waals surface area contributed by atoms with Crippen molar-refractivity contribution in [1.29, 1.82) is 0 Å². The average Bonchev–Trinajstić information content (AvgIpc) is 2.51. The highest BCUT2D eigenvalue weighted by atomic mass is 15.3. The Kier molecular flexibility index (Phi) is 7.20. The van der Waals surface area contributed by atoms with Gasteiger partial charge in [-0.2, -0.15) is 0 Å². The fourth-order valence-corrected chi connectivity index (χ4v) is 3.47. The molecule has 0 saturated carbocycles. The van der Waals surface area contributed by atoms with Crippen LogP contribution >= 0.6 is 0 Å². The van der Waals surface area contributed by atoms with E-state index in [1.807, 2.05) is 0 Å². The molecule has 0 aromatic carbocycles. The first-order valence-corrected chi connectivity index (χ1v) is 7.75. The third-order valence-corrected chi connectivity index (χ3v) is 4.38. The van der Waals surface area contributed by atoms with Crippen LogP contribution in [0.3, 0.4) is 0 Å². The summed E-state index contributed by atoms with van der Waals surface area (Å²) >= 11 is 0. The van der Waals surface area contributed by atoms with Crippen molar-refractivity contribution in [2.24, 2.45) is 0 Å². The van der Waals surface area contributed by atoms with Gasteiger partial charge in [0.15, 0.2) is 0 Å². The monoisotopic (exact) mass is 255 g/mol. The van der Waals surface area contributed by atoms with Crippen LogP contribution in [0.15, 0.2) is 0 Å². The van der Waals surface area contributed by atoms with Crippen LogP contribution in [0.1, 0.15) is 46.5 Å². The van der Waals surface area contributed by atoms with E-state index < -0.39 is 0 Å². The molecule has 1 aliphatic heterocycles. The van der Waals surface area contributed by atoms with Gasteiger partial charge in [-0.25, -0.2) is 0 Å². The number of rotatable bonds is 6. The molecule has 108 valence electrons.